The lowest BCUT2D eigenvalue weighted by atomic mass is 10.2. The van der Waals surface area contributed by atoms with Crippen molar-refractivity contribution in [2.24, 2.45) is 0 Å². The normalized spacial score (nSPS) is 20.4. The lowest BCUT2D eigenvalue weighted by Gasteiger charge is -2.22. The molecule has 0 unspecified atom stereocenters. The van der Waals surface area contributed by atoms with Gasteiger partial charge in [0.25, 0.3) is 0 Å². The van der Waals surface area contributed by atoms with E-state index in [2.05, 4.69) is 5.32 Å². The minimum Gasteiger partial charge on any atom is -0.464 e. The molecule has 1 heterocycles. The van der Waals surface area contributed by atoms with Gasteiger partial charge in [0, 0.05) is 6.92 Å². The number of hydrogen-bond acceptors (Lipinski definition) is 5. The van der Waals surface area contributed by atoms with Gasteiger partial charge in [-0.1, -0.05) is 0 Å². The third-order valence-electron chi connectivity index (χ3n) is 1.98. The maximum Gasteiger partial charge on any atom is 0.408 e. The number of rotatable bonds is 4. The van der Waals surface area contributed by atoms with Crippen LogP contribution in [0.5, 0.6) is 0 Å². The average Bonchev–Trinajstić information content (AvgIpc) is 2.91. The lowest BCUT2D eigenvalue weighted by Crippen LogP contribution is -2.44. The van der Waals surface area contributed by atoms with E-state index in [9.17, 15) is 9.59 Å². The molecular formula is C11H19NO5. The van der Waals surface area contributed by atoms with E-state index in [4.69, 9.17) is 14.2 Å². The van der Waals surface area contributed by atoms with Crippen LogP contribution in [0.15, 0.2) is 0 Å². The van der Waals surface area contributed by atoms with Crippen LogP contribution in [0, 0.1) is 0 Å². The first-order chi connectivity index (χ1) is 7.78. The first kappa shape index (κ1) is 13.8. The van der Waals surface area contributed by atoms with Crippen LogP contribution in [0.1, 0.15) is 27.7 Å². The van der Waals surface area contributed by atoms with Gasteiger partial charge < -0.3 is 19.5 Å². The second-order valence-electron chi connectivity index (χ2n) is 4.93. The molecule has 1 aliphatic heterocycles. The van der Waals surface area contributed by atoms with Crippen molar-refractivity contribution in [2.75, 3.05) is 13.2 Å². The van der Waals surface area contributed by atoms with Crippen LogP contribution >= 0.6 is 0 Å². The van der Waals surface area contributed by atoms with Crippen molar-refractivity contribution in [1.29, 1.82) is 0 Å². The van der Waals surface area contributed by atoms with Crippen LogP contribution in [-0.2, 0) is 19.0 Å². The van der Waals surface area contributed by atoms with E-state index in [1.54, 1.807) is 20.8 Å². The van der Waals surface area contributed by atoms with Crippen LogP contribution < -0.4 is 5.32 Å². The van der Waals surface area contributed by atoms with E-state index < -0.39 is 11.7 Å². The number of amides is 1. The molecule has 1 rings (SSSR count). The second-order valence-corrected chi connectivity index (χ2v) is 4.93. The van der Waals surface area contributed by atoms with E-state index >= 15 is 0 Å². The number of esters is 1. The minimum atomic E-state index is -0.555. The molecule has 0 aromatic heterocycles. The molecule has 0 radical (unpaired) electrons. The van der Waals surface area contributed by atoms with Crippen molar-refractivity contribution >= 4 is 12.1 Å². The molecule has 17 heavy (non-hydrogen) atoms. The SMILES string of the molecule is CC(=O)OC[C@@H](NC(=O)OC(C)(C)C)[C@H]1CO1. The third kappa shape index (κ3) is 6.11. The zero-order valence-corrected chi connectivity index (χ0v) is 10.6. The van der Waals surface area contributed by atoms with Crippen LogP contribution in [0.25, 0.3) is 0 Å². The van der Waals surface area contributed by atoms with E-state index in [0.29, 0.717) is 6.61 Å². The fourth-order valence-electron chi connectivity index (χ4n) is 1.20. The summed E-state index contributed by atoms with van der Waals surface area (Å²) < 4.78 is 15.0. The topological polar surface area (TPSA) is 77.2 Å². The van der Waals surface area contributed by atoms with Gasteiger partial charge in [0.1, 0.15) is 18.3 Å². The average molecular weight is 245 g/mol. The molecular weight excluding hydrogens is 226 g/mol. The number of alkyl carbamates (subject to hydrolysis) is 1. The van der Waals surface area contributed by atoms with Crippen molar-refractivity contribution in [3.63, 3.8) is 0 Å². The number of nitrogens with one attached hydrogen (secondary N) is 1. The molecule has 0 spiro atoms. The van der Waals surface area contributed by atoms with Crippen molar-refractivity contribution < 1.29 is 23.8 Å². The summed E-state index contributed by atoms with van der Waals surface area (Å²) in [6, 6.07) is -0.353. The number of carbonyl (C=O) groups is 2. The van der Waals surface area contributed by atoms with Gasteiger partial charge in [0.2, 0.25) is 0 Å². The Labute approximate surface area is 101 Å². The smallest absolute Gasteiger partial charge is 0.408 e. The molecule has 0 aromatic carbocycles. The zero-order valence-electron chi connectivity index (χ0n) is 10.6. The van der Waals surface area contributed by atoms with Crippen molar-refractivity contribution in [3.05, 3.63) is 0 Å². The van der Waals surface area contributed by atoms with Gasteiger partial charge in [0.05, 0.1) is 12.6 Å². The fourth-order valence-corrected chi connectivity index (χ4v) is 1.20. The highest BCUT2D eigenvalue weighted by Gasteiger charge is 2.35. The highest BCUT2D eigenvalue weighted by Crippen LogP contribution is 2.15. The molecule has 2 atom stereocenters. The van der Waals surface area contributed by atoms with E-state index in [1.807, 2.05) is 0 Å². The molecule has 0 saturated carbocycles. The summed E-state index contributed by atoms with van der Waals surface area (Å²) in [6.07, 6.45) is -0.632. The molecule has 6 heteroatoms. The van der Waals surface area contributed by atoms with Crippen LogP contribution in [0.3, 0.4) is 0 Å². The van der Waals surface area contributed by atoms with Crippen LogP contribution in [0.4, 0.5) is 4.79 Å². The second kappa shape index (κ2) is 5.35. The first-order valence-corrected chi connectivity index (χ1v) is 5.52. The summed E-state index contributed by atoms with van der Waals surface area (Å²) in [7, 11) is 0. The highest BCUT2D eigenvalue weighted by atomic mass is 16.6. The van der Waals surface area contributed by atoms with Crippen molar-refractivity contribution in [2.45, 2.75) is 45.4 Å². The molecule has 1 N–H and O–H groups in total. The summed E-state index contributed by atoms with van der Waals surface area (Å²) in [6.45, 7) is 7.31. The molecule has 0 bridgehead atoms. The quantitative estimate of drug-likeness (QED) is 0.586. The number of ether oxygens (including phenoxy) is 3. The first-order valence-electron chi connectivity index (χ1n) is 5.52. The maximum atomic E-state index is 11.5. The minimum absolute atomic E-state index is 0.0955. The summed E-state index contributed by atoms with van der Waals surface area (Å²) in [5.74, 6) is -0.387. The Balaban J connectivity index is 2.38. The molecule has 1 amide bonds. The van der Waals surface area contributed by atoms with Gasteiger partial charge in [-0.15, -0.1) is 0 Å². The fraction of sp³-hybridized carbons (Fsp3) is 0.818. The number of epoxide rings is 1. The Hall–Kier alpha value is -1.30. The van der Waals surface area contributed by atoms with Crippen molar-refractivity contribution in [3.8, 4) is 0 Å². The van der Waals surface area contributed by atoms with Gasteiger partial charge >= 0.3 is 12.1 Å². The van der Waals surface area contributed by atoms with E-state index in [1.165, 1.54) is 6.92 Å². The van der Waals surface area contributed by atoms with Gasteiger partial charge in [-0.25, -0.2) is 4.79 Å². The largest absolute Gasteiger partial charge is 0.464 e. The Kier molecular flexibility index (Phi) is 4.34. The van der Waals surface area contributed by atoms with Gasteiger partial charge in [-0.3, -0.25) is 4.79 Å². The predicted molar refractivity (Wildman–Crippen MR) is 59.5 cm³/mol. The molecule has 98 valence electrons. The van der Waals surface area contributed by atoms with E-state index in [0.717, 1.165) is 0 Å². The molecule has 1 fully saturated rings. The maximum absolute atomic E-state index is 11.5. The number of hydrogen-bond donors (Lipinski definition) is 1. The molecule has 0 aliphatic carbocycles. The Bertz CT molecular complexity index is 293. The van der Waals surface area contributed by atoms with Crippen molar-refractivity contribution in [1.82, 2.24) is 5.32 Å². The van der Waals surface area contributed by atoms with Gasteiger partial charge in [0.15, 0.2) is 0 Å². The molecule has 1 saturated heterocycles. The lowest BCUT2D eigenvalue weighted by molar-refractivity contribution is -0.141. The summed E-state index contributed by atoms with van der Waals surface area (Å²) in [4.78, 5) is 22.2. The summed E-state index contributed by atoms with van der Waals surface area (Å²) >= 11 is 0. The van der Waals surface area contributed by atoms with Crippen LogP contribution in [-0.4, -0.2) is 43.0 Å². The monoisotopic (exact) mass is 245 g/mol. The number of carbonyl (C=O) groups excluding carboxylic acids is 2. The van der Waals surface area contributed by atoms with Gasteiger partial charge in [-0.2, -0.15) is 0 Å². The van der Waals surface area contributed by atoms with Gasteiger partial charge in [-0.05, 0) is 20.8 Å². The predicted octanol–water partition coefficient (Wildman–Crippen LogP) is 0.842. The van der Waals surface area contributed by atoms with E-state index in [-0.39, 0.29) is 24.7 Å². The Morgan fingerprint density at radius 2 is 2.06 bits per heavy atom. The Morgan fingerprint density at radius 3 is 2.47 bits per heavy atom. The third-order valence-corrected chi connectivity index (χ3v) is 1.98. The summed E-state index contributed by atoms with van der Waals surface area (Å²) in [5, 5.41) is 2.63. The van der Waals surface area contributed by atoms with Crippen LogP contribution in [0.2, 0.25) is 0 Å². The zero-order chi connectivity index (χ0) is 13.1. The Morgan fingerprint density at radius 1 is 1.47 bits per heavy atom. The molecule has 0 aromatic rings. The highest BCUT2D eigenvalue weighted by molar-refractivity contribution is 5.68. The molecule has 1 aliphatic rings. The standard InChI is InChI=1S/C11H19NO5/c1-7(13)15-5-8(9-6-16-9)12-10(14)17-11(2,3)4/h8-9H,5-6H2,1-4H3,(H,12,14)/t8-,9-/m1/s1. The summed E-state index contributed by atoms with van der Waals surface area (Å²) in [5.41, 5.74) is -0.555. The molecule has 6 nitrogen and oxygen atoms in total.